The summed E-state index contributed by atoms with van der Waals surface area (Å²) in [7, 11) is 12.0. The average Bonchev–Trinajstić information content (AvgIpc) is 2.20. The molecule has 1 amide bonds. The number of ether oxygens (including phenoxy) is 2. The van der Waals surface area contributed by atoms with Crippen LogP contribution < -0.4 is 35.2 Å². The number of likely N-dealkylation sites (N-methyl/N-ethyl adjacent to an activating group) is 2. The zero-order valence-electron chi connectivity index (χ0n) is 51.8. The van der Waals surface area contributed by atoms with Gasteiger partial charge in [0.15, 0.2) is 11.3 Å². The number of carbonyl (C=O) groups excluding carboxylic acids is 1. The molecule has 4 N–H and O–H groups in total. The number of likely N-dealkylation sites (tertiary alicyclic amines) is 2. The SMILES string of the molecule is CC(C)c1cnn2c(NCc3ccccc3N3CCN(C(=O)/C=C/CN(C)C)CC3)nc(OC3CCN(C)CC3)nc12.CC(C)c1cnn2c(NCc3ccccc3N3CCNCC3)nc(OC3CCN(C)CC3)nc12.CN(C)C/C=C/C(=O)O. The quantitative estimate of drug-likeness (QED) is 0.0642. The summed E-state index contributed by atoms with van der Waals surface area (Å²) in [5.41, 5.74) is 8.58. The number of hydrogen-bond acceptors (Lipinski definition) is 19. The van der Waals surface area contributed by atoms with Gasteiger partial charge < -0.3 is 64.8 Å². The highest BCUT2D eigenvalue weighted by Gasteiger charge is 2.26. The van der Waals surface area contributed by atoms with E-state index in [0.29, 0.717) is 62.6 Å². The number of benzene rings is 2. The van der Waals surface area contributed by atoms with Gasteiger partial charge >= 0.3 is 18.0 Å². The van der Waals surface area contributed by atoms with Crippen molar-refractivity contribution >= 4 is 46.4 Å². The van der Waals surface area contributed by atoms with Crippen molar-refractivity contribution in [2.24, 2.45) is 0 Å². The molecule has 0 atom stereocenters. The van der Waals surface area contributed by atoms with Gasteiger partial charge in [-0.15, -0.1) is 0 Å². The Labute approximate surface area is 502 Å². The molecule has 0 spiro atoms. The number of anilines is 4. The van der Waals surface area contributed by atoms with E-state index in [2.05, 4.69) is 136 Å². The number of piperazine rings is 2. The molecule has 0 unspecified atom stereocenters. The number of carboxylic acids is 1. The summed E-state index contributed by atoms with van der Waals surface area (Å²) in [6.07, 6.45) is 14.3. The second kappa shape index (κ2) is 31.1. The smallest absolute Gasteiger partial charge is 0.328 e. The molecule has 0 aliphatic carbocycles. The standard InChI is InChI=1S/C31H45N9O2.C25H36N8O.C6H11NO2/c1-23(2)26-22-33-40-29(26)34-31(42-25-12-15-37(5)16-13-25)35-30(40)32-21-24-9-6-7-10-27(24)38-17-19-39(20-18-38)28(41)11-8-14-36(3)4;1-18(2)21-17-28-33-23(21)29-25(34-20-8-12-31(3)13-9-20)30-24(33)27-16-19-6-4-5-7-22(19)32-14-10-26-11-15-32;1-7(2)5-3-4-6(8)9/h6-11,22-23,25H,12-21H2,1-5H3,(H,32,34,35);4-7,17-18,20,26H,8-16H2,1-3H3,(H,27,29,30);3-4H,5H2,1-2H3,(H,8,9)/b11-8+;;4-3+. The van der Waals surface area contributed by atoms with E-state index in [1.807, 2.05) is 65.9 Å². The lowest BCUT2D eigenvalue weighted by Crippen LogP contribution is -2.48. The second-order valence-corrected chi connectivity index (χ2v) is 23.6. The molecule has 4 aliphatic rings. The first-order chi connectivity index (χ1) is 41.0. The van der Waals surface area contributed by atoms with Crippen LogP contribution in [-0.2, 0) is 22.7 Å². The number of piperidine rings is 2. The maximum absolute atomic E-state index is 12.6. The maximum atomic E-state index is 12.6. The van der Waals surface area contributed by atoms with Crippen molar-refractivity contribution in [2.75, 3.05) is 154 Å². The lowest BCUT2D eigenvalue weighted by Gasteiger charge is -2.36. The van der Waals surface area contributed by atoms with Gasteiger partial charge in [-0.05, 0) is 103 Å². The van der Waals surface area contributed by atoms with E-state index in [1.54, 1.807) is 16.7 Å². The number of aliphatic carboxylic acids is 1. The van der Waals surface area contributed by atoms with Crippen LogP contribution >= 0.6 is 0 Å². The van der Waals surface area contributed by atoms with Gasteiger partial charge in [0.25, 0.3) is 0 Å². The summed E-state index contributed by atoms with van der Waals surface area (Å²) in [5, 5.41) is 27.9. The van der Waals surface area contributed by atoms with Gasteiger partial charge in [0.2, 0.25) is 17.8 Å². The van der Waals surface area contributed by atoms with Crippen molar-refractivity contribution in [1.29, 1.82) is 0 Å². The summed E-state index contributed by atoms with van der Waals surface area (Å²) < 4.78 is 16.2. The molecule has 10 rings (SSSR count). The largest absolute Gasteiger partial charge is 0.478 e. The van der Waals surface area contributed by atoms with Crippen molar-refractivity contribution in [1.82, 2.24) is 69.0 Å². The van der Waals surface area contributed by atoms with Crippen LogP contribution in [0.2, 0.25) is 0 Å². The maximum Gasteiger partial charge on any atom is 0.328 e. The number of hydrogen-bond donors (Lipinski definition) is 4. The van der Waals surface area contributed by atoms with Crippen molar-refractivity contribution in [3.8, 4) is 12.0 Å². The molecule has 4 fully saturated rings. The van der Waals surface area contributed by atoms with Crippen LogP contribution in [0.15, 0.2) is 85.2 Å². The van der Waals surface area contributed by atoms with Gasteiger partial charge in [-0.2, -0.15) is 39.2 Å². The Hall–Kier alpha value is -7.44. The molecule has 85 heavy (non-hydrogen) atoms. The highest BCUT2D eigenvalue weighted by molar-refractivity contribution is 5.87. The summed E-state index contributed by atoms with van der Waals surface area (Å²) in [5.74, 6) is 1.05. The summed E-state index contributed by atoms with van der Waals surface area (Å²) >= 11 is 0. The van der Waals surface area contributed by atoms with Crippen LogP contribution in [0.25, 0.3) is 11.3 Å². The second-order valence-electron chi connectivity index (χ2n) is 23.6. The molecule has 4 aromatic heterocycles. The number of fused-ring (bicyclic) bond motifs is 2. The van der Waals surface area contributed by atoms with Crippen LogP contribution in [0.1, 0.15) is 87.5 Å². The van der Waals surface area contributed by atoms with Crippen LogP contribution in [0.3, 0.4) is 0 Å². The van der Waals surface area contributed by atoms with Crippen molar-refractivity contribution in [2.45, 2.75) is 90.5 Å². The van der Waals surface area contributed by atoms with E-state index in [0.717, 1.165) is 137 Å². The third-order valence-electron chi connectivity index (χ3n) is 15.6. The van der Waals surface area contributed by atoms with E-state index in [4.69, 9.17) is 34.5 Å². The minimum Gasteiger partial charge on any atom is -0.478 e. The molecule has 0 radical (unpaired) electrons. The topological polar surface area (TPSA) is 218 Å². The van der Waals surface area contributed by atoms with E-state index < -0.39 is 5.97 Å². The first kappa shape index (κ1) is 63.6. The van der Waals surface area contributed by atoms with Gasteiger partial charge in [-0.1, -0.05) is 76.2 Å². The highest BCUT2D eigenvalue weighted by Crippen LogP contribution is 2.29. The van der Waals surface area contributed by atoms with Crippen LogP contribution in [0.4, 0.5) is 23.3 Å². The number of carbonyl (C=O) groups is 2. The predicted molar refractivity (Wildman–Crippen MR) is 336 cm³/mol. The van der Waals surface area contributed by atoms with Crippen LogP contribution in [0.5, 0.6) is 12.0 Å². The summed E-state index contributed by atoms with van der Waals surface area (Å²) in [6, 6.07) is 17.8. The molecule has 2 aromatic carbocycles. The molecule has 23 heteroatoms. The van der Waals surface area contributed by atoms with E-state index in [1.165, 1.54) is 11.3 Å². The average molecular weight is 1170 g/mol. The molecular weight excluding hydrogens is 1080 g/mol. The molecular formula is C62H92N18O5. The van der Waals surface area contributed by atoms with E-state index >= 15 is 0 Å². The lowest BCUT2D eigenvalue weighted by atomic mass is 10.1. The summed E-state index contributed by atoms with van der Waals surface area (Å²) in [4.78, 5) is 56.9. The number of aromatic nitrogens is 8. The minimum atomic E-state index is -0.892. The molecule has 6 aromatic rings. The lowest BCUT2D eigenvalue weighted by molar-refractivity contribution is -0.131. The Balaban J connectivity index is 0.000000196. The number of amides is 1. The zero-order valence-corrected chi connectivity index (χ0v) is 51.8. The normalized spacial score (nSPS) is 16.9. The van der Waals surface area contributed by atoms with Crippen molar-refractivity contribution in [3.05, 3.63) is 107 Å². The van der Waals surface area contributed by atoms with E-state index in [9.17, 15) is 9.59 Å². The van der Waals surface area contributed by atoms with Gasteiger partial charge in [-0.3, -0.25) is 4.79 Å². The van der Waals surface area contributed by atoms with Crippen LogP contribution in [-0.4, -0.2) is 227 Å². The number of para-hydroxylation sites is 2. The van der Waals surface area contributed by atoms with Crippen LogP contribution in [0, 0.1) is 0 Å². The van der Waals surface area contributed by atoms with Gasteiger partial charge in [0.05, 0.1) is 12.4 Å². The number of rotatable bonds is 20. The third-order valence-corrected chi connectivity index (χ3v) is 15.6. The fraction of sp³-hybridized carbons (Fsp3) is 0.548. The molecule has 0 saturated carbocycles. The Morgan fingerprint density at radius 2 is 1.04 bits per heavy atom. The van der Waals surface area contributed by atoms with E-state index in [-0.39, 0.29) is 24.0 Å². The third kappa shape index (κ3) is 18.3. The molecule has 4 aliphatic heterocycles. The molecule has 8 heterocycles. The Kier molecular flexibility index (Phi) is 23.3. The predicted octanol–water partition coefficient (Wildman–Crippen LogP) is 6.03. The fourth-order valence-electron chi connectivity index (χ4n) is 10.6. The highest BCUT2D eigenvalue weighted by atomic mass is 16.5. The Bertz CT molecular complexity index is 3130. The first-order valence-corrected chi connectivity index (χ1v) is 30.2. The fourth-order valence-corrected chi connectivity index (χ4v) is 10.6. The van der Waals surface area contributed by atoms with Gasteiger partial charge in [-0.25, -0.2) is 4.79 Å². The summed E-state index contributed by atoms with van der Waals surface area (Å²) in [6.45, 7) is 22.4. The molecule has 4 saturated heterocycles. The number of carboxylic acid groups (broad SMARTS) is 1. The minimum absolute atomic E-state index is 0.0810. The Morgan fingerprint density at radius 1 is 0.612 bits per heavy atom. The van der Waals surface area contributed by atoms with Gasteiger partial charge in [0.1, 0.15) is 12.2 Å². The zero-order chi connectivity index (χ0) is 60.4. The molecule has 460 valence electrons. The molecule has 0 bridgehead atoms. The molecule has 23 nitrogen and oxygen atoms in total. The van der Waals surface area contributed by atoms with Crippen molar-refractivity contribution in [3.63, 3.8) is 0 Å². The first-order valence-electron chi connectivity index (χ1n) is 30.2. The van der Waals surface area contributed by atoms with Crippen molar-refractivity contribution < 1.29 is 24.2 Å². The monoisotopic (exact) mass is 1170 g/mol. The number of nitrogens with one attached hydrogen (secondary N) is 3. The van der Waals surface area contributed by atoms with Gasteiger partial charge in [0, 0.05) is 139 Å². The Morgan fingerprint density at radius 3 is 1.46 bits per heavy atom. The number of nitrogens with zero attached hydrogens (tertiary/aromatic N) is 15.